The number of aromatic carboxylic acids is 1. The average Bonchev–Trinajstić information content (AvgIpc) is 2.47. The van der Waals surface area contributed by atoms with Gasteiger partial charge in [0.05, 0.1) is 23.5 Å². The monoisotopic (exact) mass is 293 g/mol. The molecule has 0 atom stereocenters. The number of amides is 1. The molecule has 1 aromatic carbocycles. The van der Waals surface area contributed by atoms with Crippen molar-refractivity contribution in [2.24, 2.45) is 0 Å². The number of carbonyl (C=O) groups excluding carboxylic acids is 1. The number of ether oxygens (including phenoxy) is 1. The molecule has 1 saturated heterocycles. The van der Waals surface area contributed by atoms with Crippen LogP contribution in [0, 0.1) is 0 Å². The predicted molar refractivity (Wildman–Crippen MR) is 78.6 cm³/mol. The summed E-state index contributed by atoms with van der Waals surface area (Å²) in [6.07, 6.45) is -0.300. The summed E-state index contributed by atoms with van der Waals surface area (Å²) >= 11 is 0. The van der Waals surface area contributed by atoms with Crippen molar-refractivity contribution in [1.82, 2.24) is 4.90 Å². The molecular formula is C14H19N3O4. The zero-order chi connectivity index (χ0) is 15.4. The van der Waals surface area contributed by atoms with E-state index in [0.29, 0.717) is 38.5 Å². The number of nitrogens with two attached hydrogens (primary N) is 1. The first-order chi connectivity index (χ1) is 10.0. The number of benzene rings is 1. The lowest BCUT2D eigenvalue weighted by molar-refractivity contribution is 0.0696. The maximum Gasteiger partial charge on any atom is 0.409 e. The molecule has 0 unspecified atom stereocenters. The lowest BCUT2D eigenvalue weighted by Gasteiger charge is -2.36. The zero-order valence-corrected chi connectivity index (χ0v) is 11.9. The van der Waals surface area contributed by atoms with Gasteiger partial charge in [-0.2, -0.15) is 0 Å². The predicted octanol–water partition coefficient (Wildman–Crippen LogP) is 1.25. The van der Waals surface area contributed by atoms with E-state index in [1.54, 1.807) is 17.9 Å². The van der Waals surface area contributed by atoms with Gasteiger partial charge in [-0.25, -0.2) is 9.59 Å². The van der Waals surface area contributed by atoms with Crippen molar-refractivity contribution in [3.63, 3.8) is 0 Å². The third kappa shape index (κ3) is 3.36. The Balaban J connectivity index is 2.02. The summed E-state index contributed by atoms with van der Waals surface area (Å²) in [6, 6.07) is 4.69. The number of nitrogen functional groups attached to an aromatic ring is 1. The van der Waals surface area contributed by atoms with E-state index in [1.807, 2.05) is 4.90 Å². The first-order valence-electron chi connectivity index (χ1n) is 6.82. The Labute approximate surface area is 122 Å². The van der Waals surface area contributed by atoms with E-state index < -0.39 is 5.97 Å². The summed E-state index contributed by atoms with van der Waals surface area (Å²) in [5, 5.41) is 8.93. The standard InChI is InChI=1S/C14H19N3O4/c1-2-21-14(20)17-7-5-16(6-8-17)12-4-3-10(13(18)19)9-11(12)15/h3-4,9H,2,5-8,15H2,1H3,(H,18,19). The molecule has 0 bridgehead atoms. The number of piperazine rings is 1. The van der Waals surface area contributed by atoms with Crippen LogP contribution in [0.1, 0.15) is 17.3 Å². The Morgan fingerprint density at radius 3 is 2.48 bits per heavy atom. The van der Waals surface area contributed by atoms with Gasteiger partial charge >= 0.3 is 12.1 Å². The Morgan fingerprint density at radius 2 is 1.95 bits per heavy atom. The molecule has 0 spiro atoms. The Hall–Kier alpha value is -2.44. The number of carbonyl (C=O) groups is 2. The molecule has 0 aliphatic carbocycles. The van der Waals surface area contributed by atoms with E-state index in [4.69, 9.17) is 15.6 Å². The van der Waals surface area contributed by atoms with Crippen LogP contribution in [-0.2, 0) is 4.74 Å². The molecule has 7 heteroatoms. The van der Waals surface area contributed by atoms with Gasteiger partial charge in [0.2, 0.25) is 0 Å². The molecule has 1 fully saturated rings. The van der Waals surface area contributed by atoms with Crippen LogP contribution in [0.25, 0.3) is 0 Å². The Morgan fingerprint density at radius 1 is 1.29 bits per heavy atom. The third-order valence-corrected chi connectivity index (χ3v) is 3.42. The molecule has 114 valence electrons. The van der Waals surface area contributed by atoms with Crippen LogP contribution >= 0.6 is 0 Å². The fraction of sp³-hybridized carbons (Fsp3) is 0.429. The highest BCUT2D eigenvalue weighted by atomic mass is 16.6. The quantitative estimate of drug-likeness (QED) is 0.814. The van der Waals surface area contributed by atoms with E-state index in [2.05, 4.69) is 0 Å². The second kappa shape index (κ2) is 6.34. The van der Waals surface area contributed by atoms with Gasteiger partial charge in [-0.3, -0.25) is 0 Å². The maximum absolute atomic E-state index is 11.6. The number of hydrogen-bond acceptors (Lipinski definition) is 5. The van der Waals surface area contributed by atoms with E-state index >= 15 is 0 Å². The number of carboxylic acids is 1. The number of anilines is 2. The maximum atomic E-state index is 11.6. The molecular weight excluding hydrogens is 274 g/mol. The van der Waals surface area contributed by atoms with Crippen LogP contribution in [-0.4, -0.2) is 54.9 Å². The summed E-state index contributed by atoms with van der Waals surface area (Å²) in [7, 11) is 0. The van der Waals surface area contributed by atoms with Gasteiger partial charge in [0, 0.05) is 26.2 Å². The summed E-state index contributed by atoms with van der Waals surface area (Å²) in [4.78, 5) is 26.2. The van der Waals surface area contributed by atoms with Crippen molar-refractivity contribution in [1.29, 1.82) is 0 Å². The number of nitrogens with zero attached hydrogens (tertiary/aromatic N) is 2. The van der Waals surface area contributed by atoms with Gasteiger partial charge in [-0.15, -0.1) is 0 Å². The lowest BCUT2D eigenvalue weighted by atomic mass is 10.1. The molecule has 2 rings (SSSR count). The highest BCUT2D eigenvalue weighted by Gasteiger charge is 2.23. The molecule has 1 aliphatic rings. The van der Waals surface area contributed by atoms with E-state index in [0.717, 1.165) is 5.69 Å². The summed E-state index contributed by atoms with van der Waals surface area (Å²) < 4.78 is 4.97. The third-order valence-electron chi connectivity index (χ3n) is 3.42. The highest BCUT2D eigenvalue weighted by molar-refractivity contribution is 5.90. The summed E-state index contributed by atoms with van der Waals surface area (Å²) in [5.41, 5.74) is 7.31. The van der Waals surface area contributed by atoms with E-state index in [1.165, 1.54) is 12.1 Å². The number of hydrogen-bond donors (Lipinski definition) is 2. The second-order valence-electron chi connectivity index (χ2n) is 4.75. The molecule has 1 heterocycles. The smallest absolute Gasteiger partial charge is 0.409 e. The minimum absolute atomic E-state index is 0.168. The fourth-order valence-corrected chi connectivity index (χ4v) is 2.32. The van der Waals surface area contributed by atoms with Gasteiger partial charge in [0.15, 0.2) is 0 Å². The average molecular weight is 293 g/mol. The van der Waals surface area contributed by atoms with Crippen LogP contribution < -0.4 is 10.6 Å². The SMILES string of the molecule is CCOC(=O)N1CCN(c2ccc(C(=O)O)cc2N)CC1. The van der Waals surface area contributed by atoms with Gasteiger partial charge in [-0.1, -0.05) is 0 Å². The normalized spacial score (nSPS) is 14.9. The topological polar surface area (TPSA) is 96.1 Å². The van der Waals surface area contributed by atoms with E-state index in [9.17, 15) is 9.59 Å². The van der Waals surface area contributed by atoms with Crippen LogP contribution in [0.3, 0.4) is 0 Å². The molecule has 1 aromatic rings. The molecule has 7 nitrogen and oxygen atoms in total. The first kappa shape index (κ1) is 15.0. The van der Waals surface area contributed by atoms with Crippen molar-refractivity contribution < 1.29 is 19.4 Å². The highest BCUT2D eigenvalue weighted by Crippen LogP contribution is 2.25. The van der Waals surface area contributed by atoms with Crippen molar-refractivity contribution in [2.75, 3.05) is 43.4 Å². The van der Waals surface area contributed by atoms with Crippen LogP contribution in [0.4, 0.5) is 16.2 Å². The van der Waals surface area contributed by atoms with Crippen LogP contribution in [0.15, 0.2) is 18.2 Å². The van der Waals surface area contributed by atoms with Gasteiger partial charge < -0.3 is 25.4 Å². The van der Waals surface area contributed by atoms with Crippen LogP contribution in [0.5, 0.6) is 0 Å². The Kier molecular flexibility index (Phi) is 4.52. The molecule has 0 aromatic heterocycles. The fourth-order valence-electron chi connectivity index (χ4n) is 2.32. The van der Waals surface area contributed by atoms with Gasteiger partial charge in [0.25, 0.3) is 0 Å². The van der Waals surface area contributed by atoms with Gasteiger partial charge in [-0.05, 0) is 25.1 Å². The van der Waals surface area contributed by atoms with Crippen molar-refractivity contribution in [3.8, 4) is 0 Å². The summed E-state index contributed by atoms with van der Waals surface area (Å²) in [5.74, 6) is -1.000. The molecule has 1 aliphatic heterocycles. The minimum Gasteiger partial charge on any atom is -0.478 e. The number of rotatable bonds is 3. The Bertz CT molecular complexity index is 539. The largest absolute Gasteiger partial charge is 0.478 e. The lowest BCUT2D eigenvalue weighted by Crippen LogP contribution is -2.49. The minimum atomic E-state index is -1.000. The van der Waals surface area contributed by atoms with Crippen molar-refractivity contribution in [2.45, 2.75) is 6.92 Å². The van der Waals surface area contributed by atoms with E-state index in [-0.39, 0.29) is 11.7 Å². The van der Waals surface area contributed by atoms with Gasteiger partial charge in [0.1, 0.15) is 0 Å². The summed E-state index contributed by atoms with van der Waals surface area (Å²) in [6.45, 7) is 4.52. The van der Waals surface area contributed by atoms with Crippen molar-refractivity contribution in [3.05, 3.63) is 23.8 Å². The first-order valence-corrected chi connectivity index (χ1v) is 6.82. The zero-order valence-electron chi connectivity index (χ0n) is 11.9. The molecule has 3 N–H and O–H groups in total. The number of carboxylic acid groups (broad SMARTS) is 1. The molecule has 0 saturated carbocycles. The molecule has 0 radical (unpaired) electrons. The van der Waals surface area contributed by atoms with Crippen LogP contribution in [0.2, 0.25) is 0 Å². The second-order valence-corrected chi connectivity index (χ2v) is 4.75. The molecule has 1 amide bonds. The molecule has 21 heavy (non-hydrogen) atoms. The van der Waals surface area contributed by atoms with Crippen molar-refractivity contribution >= 4 is 23.4 Å².